The summed E-state index contributed by atoms with van der Waals surface area (Å²) < 4.78 is 0. The van der Waals surface area contributed by atoms with Gasteiger partial charge in [0.25, 0.3) is 0 Å². The number of carbonyl (C=O) groups excluding carboxylic acids is 1. The molecule has 0 heterocycles. The molecule has 1 rings (SSSR count). The molecule has 1 N–H and O–H groups in total. The average molecular weight is 399 g/mol. The molecule has 0 fully saturated rings. The van der Waals surface area contributed by atoms with Gasteiger partial charge in [-0.05, 0) is 104 Å². The highest BCUT2D eigenvalue weighted by molar-refractivity contribution is 5.95. The molecule has 29 heavy (non-hydrogen) atoms. The van der Waals surface area contributed by atoms with Crippen molar-refractivity contribution in [2.45, 2.75) is 99.0 Å². The molecule has 0 spiro atoms. The molecule has 0 aromatic carbocycles. The lowest BCUT2D eigenvalue weighted by Crippen LogP contribution is -2.26. The van der Waals surface area contributed by atoms with Crippen LogP contribution in [0.4, 0.5) is 0 Å². The van der Waals surface area contributed by atoms with E-state index in [-0.39, 0.29) is 11.7 Å². The van der Waals surface area contributed by atoms with E-state index in [1.807, 2.05) is 0 Å². The Morgan fingerprint density at radius 1 is 0.897 bits per heavy atom. The number of carbonyl (C=O) groups is 1. The van der Waals surface area contributed by atoms with Crippen molar-refractivity contribution in [1.82, 2.24) is 0 Å². The molecular weight excluding hydrogens is 356 g/mol. The van der Waals surface area contributed by atoms with Crippen LogP contribution in [0.2, 0.25) is 0 Å². The van der Waals surface area contributed by atoms with E-state index in [1.165, 1.54) is 22.3 Å². The molecule has 0 unspecified atom stereocenters. The normalized spacial score (nSPS) is 21.3. The fourth-order valence-electron chi connectivity index (χ4n) is 3.57. The number of hydrogen-bond acceptors (Lipinski definition) is 2. The van der Waals surface area contributed by atoms with Crippen LogP contribution in [0, 0.1) is 5.92 Å². The van der Waals surface area contributed by atoms with E-state index in [0.717, 1.165) is 44.9 Å². The summed E-state index contributed by atoms with van der Waals surface area (Å²) in [6.45, 7) is 12.7. The number of ketones is 1. The van der Waals surface area contributed by atoms with Gasteiger partial charge >= 0.3 is 0 Å². The maximum atomic E-state index is 11.8. The first-order valence-corrected chi connectivity index (χ1v) is 11.2. The minimum atomic E-state index is -0.489. The zero-order valence-corrected chi connectivity index (χ0v) is 19.6. The minimum absolute atomic E-state index is 0.0326. The van der Waals surface area contributed by atoms with Crippen molar-refractivity contribution < 1.29 is 9.90 Å². The third kappa shape index (κ3) is 11.2. The molecule has 0 radical (unpaired) electrons. The average Bonchev–Trinajstić information content (AvgIpc) is 2.63. The van der Waals surface area contributed by atoms with Crippen molar-refractivity contribution in [1.29, 1.82) is 0 Å². The Morgan fingerprint density at radius 2 is 1.38 bits per heavy atom. The number of aliphatic hydroxyl groups excluding tert-OH is 1. The van der Waals surface area contributed by atoms with Crippen molar-refractivity contribution in [3.63, 3.8) is 0 Å². The highest BCUT2D eigenvalue weighted by Crippen LogP contribution is 2.25. The zero-order valence-electron chi connectivity index (χ0n) is 19.6. The van der Waals surface area contributed by atoms with Crippen LogP contribution in [-0.2, 0) is 4.79 Å². The number of Topliss-reactive ketones (excluding diaryl/α,β-unsaturated/α-hetero) is 1. The number of allylic oxidation sites excluding steroid dienone is 9. The summed E-state index contributed by atoms with van der Waals surface area (Å²) in [5, 5.41) is 10.1. The number of rotatable bonds is 11. The van der Waals surface area contributed by atoms with Gasteiger partial charge in [0.2, 0.25) is 0 Å². The van der Waals surface area contributed by atoms with E-state index in [1.54, 1.807) is 13.0 Å². The first kappa shape index (κ1) is 25.4. The van der Waals surface area contributed by atoms with E-state index in [2.05, 4.69) is 58.9 Å². The van der Waals surface area contributed by atoms with E-state index in [0.29, 0.717) is 12.0 Å². The van der Waals surface area contributed by atoms with Gasteiger partial charge < -0.3 is 5.11 Å². The highest BCUT2D eigenvalue weighted by atomic mass is 16.3. The standard InChI is InChI=1S/C27H42O2/c1-20(2)10-7-11-21(3)12-8-13-22(4)14-9-15-23(5)16-17-25-19-26(28)24(6)18-27(25)29/h10,12,14,16,18,25,27,29H,7-9,11,13,15,17,19H2,1-6H3/b21-12+,22-14+,23-16+/t25-,27+/m1/s1. The Hall–Kier alpha value is -1.67. The van der Waals surface area contributed by atoms with Gasteiger partial charge in [0, 0.05) is 6.42 Å². The molecule has 1 aliphatic carbocycles. The predicted molar refractivity (Wildman–Crippen MR) is 126 cm³/mol. The van der Waals surface area contributed by atoms with Gasteiger partial charge in [0.15, 0.2) is 5.78 Å². The molecule has 0 saturated heterocycles. The van der Waals surface area contributed by atoms with Gasteiger partial charge in [-0.3, -0.25) is 4.79 Å². The lowest BCUT2D eigenvalue weighted by atomic mass is 9.84. The topological polar surface area (TPSA) is 37.3 Å². The van der Waals surface area contributed by atoms with Crippen molar-refractivity contribution in [3.05, 3.63) is 58.2 Å². The van der Waals surface area contributed by atoms with E-state index >= 15 is 0 Å². The van der Waals surface area contributed by atoms with E-state index in [4.69, 9.17) is 0 Å². The van der Waals surface area contributed by atoms with Crippen LogP contribution in [0.1, 0.15) is 92.9 Å². The summed E-state index contributed by atoms with van der Waals surface area (Å²) >= 11 is 0. The van der Waals surface area contributed by atoms with Crippen LogP contribution in [0.5, 0.6) is 0 Å². The SMILES string of the molecule is CC(C)=CCC/C(C)=C/CC/C(C)=C/CC/C(C)=C/C[C@@H]1CC(=O)C(C)=C[C@@H]1O. The monoisotopic (exact) mass is 398 g/mol. The van der Waals surface area contributed by atoms with E-state index in [9.17, 15) is 9.90 Å². The Labute approximate surface area is 179 Å². The summed E-state index contributed by atoms with van der Waals surface area (Å²) in [4.78, 5) is 11.8. The van der Waals surface area contributed by atoms with Gasteiger partial charge in [-0.25, -0.2) is 0 Å². The molecule has 0 aliphatic heterocycles. The first-order chi connectivity index (χ1) is 13.7. The van der Waals surface area contributed by atoms with Crippen LogP contribution in [0.15, 0.2) is 58.2 Å². The molecule has 2 atom stereocenters. The fraction of sp³-hybridized carbons (Fsp3) is 0.593. The van der Waals surface area contributed by atoms with E-state index < -0.39 is 6.10 Å². The summed E-state index contributed by atoms with van der Waals surface area (Å²) in [5.74, 6) is 0.205. The summed E-state index contributed by atoms with van der Waals surface area (Å²) in [6, 6.07) is 0. The van der Waals surface area contributed by atoms with Gasteiger partial charge in [0.1, 0.15) is 0 Å². The number of aliphatic hydroxyl groups is 1. The van der Waals surface area contributed by atoms with Gasteiger partial charge in [-0.2, -0.15) is 0 Å². The summed E-state index contributed by atoms with van der Waals surface area (Å²) in [6.07, 6.45) is 18.4. The third-order valence-electron chi connectivity index (χ3n) is 5.71. The van der Waals surface area contributed by atoms with Crippen molar-refractivity contribution in [3.8, 4) is 0 Å². The second-order valence-corrected chi connectivity index (χ2v) is 9.01. The van der Waals surface area contributed by atoms with Crippen LogP contribution in [0.3, 0.4) is 0 Å². The second-order valence-electron chi connectivity index (χ2n) is 9.01. The maximum Gasteiger partial charge on any atom is 0.158 e. The molecule has 0 aromatic heterocycles. The fourth-order valence-corrected chi connectivity index (χ4v) is 3.57. The molecule has 162 valence electrons. The highest BCUT2D eigenvalue weighted by Gasteiger charge is 2.25. The molecule has 0 saturated carbocycles. The lowest BCUT2D eigenvalue weighted by Gasteiger charge is -2.24. The predicted octanol–water partition coefficient (Wildman–Crippen LogP) is 7.42. The van der Waals surface area contributed by atoms with Gasteiger partial charge in [-0.1, -0.05) is 46.6 Å². The van der Waals surface area contributed by atoms with Crippen molar-refractivity contribution in [2.24, 2.45) is 5.92 Å². The molecule has 0 aromatic rings. The Bertz CT molecular complexity index is 681. The first-order valence-electron chi connectivity index (χ1n) is 11.2. The second kappa shape index (κ2) is 13.5. The Balaban J connectivity index is 2.32. The smallest absolute Gasteiger partial charge is 0.158 e. The molecule has 2 nitrogen and oxygen atoms in total. The zero-order chi connectivity index (χ0) is 21.8. The van der Waals surface area contributed by atoms with Crippen LogP contribution in [0.25, 0.3) is 0 Å². The summed E-state index contributed by atoms with van der Waals surface area (Å²) in [5.41, 5.74) is 6.39. The molecule has 0 bridgehead atoms. The van der Waals surface area contributed by atoms with Gasteiger partial charge in [0.05, 0.1) is 6.10 Å². The Morgan fingerprint density at radius 3 is 1.90 bits per heavy atom. The third-order valence-corrected chi connectivity index (χ3v) is 5.71. The van der Waals surface area contributed by atoms with Gasteiger partial charge in [-0.15, -0.1) is 0 Å². The van der Waals surface area contributed by atoms with Crippen LogP contribution in [-0.4, -0.2) is 17.0 Å². The molecule has 1 aliphatic rings. The Kier molecular flexibility index (Phi) is 11.8. The largest absolute Gasteiger partial charge is 0.389 e. The maximum absolute atomic E-state index is 11.8. The van der Waals surface area contributed by atoms with Crippen LogP contribution >= 0.6 is 0 Å². The number of hydrogen-bond donors (Lipinski definition) is 1. The molecule has 2 heteroatoms. The minimum Gasteiger partial charge on any atom is -0.389 e. The quantitative estimate of drug-likeness (QED) is 0.368. The molecular formula is C27H42O2. The molecule has 0 amide bonds. The van der Waals surface area contributed by atoms with Crippen molar-refractivity contribution >= 4 is 5.78 Å². The van der Waals surface area contributed by atoms with Crippen molar-refractivity contribution in [2.75, 3.05) is 0 Å². The summed E-state index contributed by atoms with van der Waals surface area (Å²) in [7, 11) is 0. The van der Waals surface area contributed by atoms with Crippen LogP contribution < -0.4 is 0 Å². The lowest BCUT2D eigenvalue weighted by molar-refractivity contribution is -0.117.